The third kappa shape index (κ3) is 4.25. The Labute approximate surface area is 160 Å². The number of carbonyl (C=O) groups is 1. The van der Waals surface area contributed by atoms with Crippen LogP contribution in [0.2, 0.25) is 0 Å². The highest BCUT2D eigenvalue weighted by atomic mass is 79.9. The number of hydrogen-bond donors (Lipinski definition) is 1. The first-order valence-electron chi connectivity index (χ1n) is 7.60. The van der Waals surface area contributed by atoms with Gasteiger partial charge in [0, 0.05) is 11.1 Å². The lowest BCUT2D eigenvalue weighted by molar-refractivity contribution is 0.0949. The van der Waals surface area contributed by atoms with Crippen LogP contribution in [0, 0.1) is 11.6 Å². The van der Waals surface area contributed by atoms with Crippen LogP contribution >= 0.6 is 27.3 Å². The SMILES string of the molecule is O=C(NCc1ccc(Br)s1)c1cccn(Cc2ccc(F)c(F)c2)c1=O. The number of aromatic nitrogens is 1. The first-order chi connectivity index (χ1) is 12.4. The normalized spacial score (nSPS) is 10.7. The molecule has 0 bridgehead atoms. The van der Waals surface area contributed by atoms with Gasteiger partial charge in [-0.1, -0.05) is 6.07 Å². The minimum Gasteiger partial charge on any atom is -0.347 e. The molecular weight excluding hydrogens is 426 g/mol. The van der Waals surface area contributed by atoms with Crippen LogP contribution in [0.1, 0.15) is 20.8 Å². The van der Waals surface area contributed by atoms with Crippen molar-refractivity contribution in [1.82, 2.24) is 9.88 Å². The zero-order valence-corrected chi connectivity index (χ0v) is 15.7. The summed E-state index contributed by atoms with van der Waals surface area (Å²) in [4.78, 5) is 25.8. The molecule has 0 saturated carbocycles. The smallest absolute Gasteiger partial charge is 0.263 e. The summed E-state index contributed by atoms with van der Waals surface area (Å²) in [7, 11) is 0. The predicted molar refractivity (Wildman–Crippen MR) is 99.4 cm³/mol. The van der Waals surface area contributed by atoms with E-state index in [1.807, 2.05) is 12.1 Å². The minimum atomic E-state index is -0.980. The Morgan fingerprint density at radius 1 is 1.15 bits per heavy atom. The van der Waals surface area contributed by atoms with Crippen molar-refractivity contribution in [3.8, 4) is 0 Å². The summed E-state index contributed by atoms with van der Waals surface area (Å²) in [5, 5.41) is 2.70. The van der Waals surface area contributed by atoms with Gasteiger partial charge in [0.25, 0.3) is 11.5 Å². The average Bonchev–Trinajstić information content (AvgIpc) is 3.03. The van der Waals surface area contributed by atoms with Crippen molar-refractivity contribution in [3.05, 3.63) is 90.4 Å². The monoisotopic (exact) mass is 438 g/mol. The van der Waals surface area contributed by atoms with Gasteiger partial charge in [-0.3, -0.25) is 9.59 Å². The number of rotatable bonds is 5. The van der Waals surface area contributed by atoms with Crippen molar-refractivity contribution in [1.29, 1.82) is 0 Å². The highest BCUT2D eigenvalue weighted by Crippen LogP contribution is 2.21. The van der Waals surface area contributed by atoms with Crippen molar-refractivity contribution in [3.63, 3.8) is 0 Å². The van der Waals surface area contributed by atoms with E-state index in [-0.39, 0.29) is 12.1 Å². The molecule has 0 aliphatic rings. The van der Waals surface area contributed by atoms with Crippen LogP contribution in [0.15, 0.2) is 57.2 Å². The first kappa shape index (κ1) is 18.5. The second-order valence-corrected chi connectivity index (χ2v) is 8.04. The van der Waals surface area contributed by atoms with Gasteiger partial charge in [0.1, 0.15) is 5.56 Å². The third-order valence-corrected chi connectivity index (χ3v) is 5.28. The molecule has 3 aromatic rings. The largest absolute Gasteiger partial charge is 0.347 e. The van der Waals surface area contributed by atoms with E-state index in [1.165, 1.54) is 34.2 Å². The molecule has 2 aromatic heterocycles. The van der Waals surface area contributed by atoms with Crippen molar-refractivity contribution < 1.29 is 13.6 Å². The Kier molecular flexibility index (Phi) is 5.63. The molecule has 0 unspecified atom stereocenters. The second-order valence-electron chi connectivity index (χ2n) is 5.49. The second kappa shape index (κ2) is 7.92. The highest BCUT2D eigenvalue weighted by Gasteiger charge is 2.13. The van der Waals surface area contributed by atoms with Gasteiger partial charge >= 0.3 is 0 Å². The first-order valence-corrected chi connectivity index (χ1v) is 9.21. The molecular formula is C18H13BrF2N2O2S. The maximum absolute atomic E-state index is 13.3. The maximum Gasteiger partial charge on any atom is 0.263 e. The molecule has 1 amide bonds. The summed E-state index contributed by atoms with van der Waals surface area (Å²) in [5.41, 5.74) is -0.0835. The lowest BCUT2D eigenvalue weighted by Gasteiger charge is -2.09. The van der Waals surface area contributed by atoms with Crippen LogP contribution in [0.5, 0.6) is 0 Å². The van der Waals surface area contributed by atoms with Gasteiger partial charge in [0.15, 0.2) is 11.6 Å². The van der Waals surface area contributed by atoms with Crippen LogP contribution in [0.4, 0.5) is 8.78 Å². The number of benzene rings is 1. The van der Waals surface area contributed by atoms with E-state index >= 15 is 0 Å². The number of carbonyl (C=O) groups excluding carboxylic acids is 1. The molecule has 8 heteroatoms. The molecule has 2 heterocycles. The topological polar surface area (TPSA) is 51.1 Å². The van der Waals surface area contributed by atoms with Crippen LogP contribution in [-0.4, -0.2) is 10.5 Å². The number of halogens is 3. The van der Waals surface area contributed by atoms with E-state index in [9.17, 15) is 18.4 Å². The van der Waals surface area contributed by atoms with Crippen LogP contribution in [-0.2, 0) is 13.1 Å². The minimum absolute atomic E-state index is 0.00861. The Morgan fingerprint density at radius 2 is 1.96 bits per heavy atom. The molecule has 0 spiro atoms. The van der Waals surface area contributed by atoms with E-state index in [1.54, 1.807) is 6.07 Å². The van der Waals surface area contributed by atoms with Gasteiger partial charge < -0.3 is 9.88 Å². The number of amides is 1. The Hall–Kier alpha value is -2.32. The van der Waals surface area contributed by atoms with Crippen molar-refractivity contribution in [2.45, 2.75) is 13.1 Å². The van der Waals surface area contributed by atoms with Crippen molar-refractivity contribution in [2.24, 2.45) is 0 Å². The third-order valence-electron chi connectivity index (χ3n) is 3.65. The zero-order valence-electron chi connectivity index (χ0n) is 13.3. The molecule has 0 fully saturated rings. The maximum atomic E-state index is 13.3. The number of nitrogens with one attached hydrogen (secondary N) is 1. The van der Waals surface area contributed by atoms with Gasteiger partial charge in [0.05, 0.1) is 16.9 Å². The molecule has 134 valence electrons. The Bertz CT molecular complexity index is 1020. The van der Waals surface area contributed by atoms with Gasteiger partial charge in [-0.05, 0) is 57.9 Å². The van der Waals surface area contributed by atoms with E-state index < -0.39 is 23.1 Å². The number of pyridine rings is 1. The Balaban J connectivity index is 1.76. The molecule has 0 radical (unpaired) electrons. The zero-order chi connectivity index (χ0) is 18.7. The summed E-state index contributed by atoms with van der Waals surface area (Å²) in [5.74, 6) is -2.42. The summed E-state index contributed by atoms with van der Waals surface area (Å²) < 4.78 is 28.6. The predicted octanol–water partition coefficient (Wildman–Crippen LogP) is 3.93. The molecule has 0 aliphatic heterocycles. The fraction of sp³-hybridized carbons (Fsp3) is 0.111. The van der Waals surface area contributed by atoms with Crippen LogP contribution in [0.25, 0.3) is 0 Å². The van der Waals surface area contributed by atoms with Gasteiger partial charge in [0.2, 0.25) is 0 Å². The molecule has 1 N–H and O–H groups in total. The van der Waals surface area contributed by atoms with Crippen molar-refractivity contribution in [2.75, 3.05) is 0 Å². The quantitative estimate of drug-likeness (QED) is 0.655. The lowest BCUT2D eigenvalue weighted by atomic mass is 10.2. The summed E-state index contributed by atoms with van der Waals surface area (Å²) >= 11 is 4.84. The standard InChI is InChI=1S/C18H13BrF2N2O2S/c19-16-6-4-12(26-16)9-22-17(24)13-2-1-7-23(18(13)25)10-11-3-5-14(20)15(21)8-11/h1-8H,9-10H2,(H,22,24). The number of nitrogens with zero attached hydrogens (tertiary/aromatic N) is 1. The molecule has 3 rings (SSSR count). The van der Waals surface area contributed by atoms with Gasteiger partial charge in [-0.2, -0.15) is 0 Å². The van der Waals surface area contributed by atoms with Crippen LogP contribution < -0.4 is 10.9 Å². The molecule has 0 atom stereocenters. The highest BCUT2D eigenvalue weighted by molar-refractivity contribution is 9.11. The summed E-state index contributed by atoms with van der Waals surface area (Å²) in [6.45, 7) is 0.349. The van der Waals surface area contributed by atoms with E-state index in [0.717, 1.165) is 20.8 Å². The number of hydrogen-bond acceptors (Lipinski definition) is 3. The van der Waals surface area contributed by atoms with E-state index in [0.29, 0.717) is 12.1 Å². The Morgan fingerprint density at radius 3 is 2.65 bits per heavy atom. The van der Waals surface area contributed by atoms with E-state index in [4.69, 9.17) is 0 Å². The van der Waals surface area contributed by atoms with Crippen LogP contribution in [0.3, 0.4) is 0 Å². The lowest BCUT2D eigenvalue weighted by Crippen LogP contribution is -2.32. The fourth-order valence-corrected chi connectivity index (χ4v) is 3.80. The molecule has 1 aromatic carbocycles. The number of thiophene rings is 1. The summed E-state index contributed by atoms with van der Waals surface area (Å²) in [6, 6.07) is 10.2. The molecule has 4 nitrogen and oxygen atoms in total. The van der Waals surface area contributed by atoms with E-state index in [2.05, 4.69) is 21.2 Å². The van der Waals surface area contributed by atoms with Gasteiger partial charge in [-0.25, -0.2) is 8.78 Å². The fourth-order valence-electron chi connectivity index (χ4n) is 2.38. The molecule has 26 heavy (non-hydrogen) atoms. The average molecular weight is 439 g/mol. The van der Waals surface area contributed by atoms with Crippen molar-refractivity contribution >= 4 is 33.2 Å². The molecule has 0 aliphatic carbocycles. The summed E-state index contributed by atoms with van der Waals surface area (Å²) in [6.07, 6.45) is 1.50. The van der Waals surface area contributed by atoms with Gasteiger partial charge in [-0.15, -0.1) is 11.3 Å². The molecule has 0 saturated heterocycles.